The second kappa shape index (κ2) is 8.46. The lowest BCUT2D eigenvalue weighted by Gasteiger charge is -2.26. The quantitative estimate of drug-likeness (QED) is 0.761. The van der Waals surface area contributed by atoms with Crippen LogP contribution in [0.1, 0.15) is 35.2 Å². The first-order chi connectivity index (χ1) is 12.9. The summed E-state index contributed by atoms with van der Waals surface area (Å²) in [6.45, 7) is 2.96. The number of aryl methyl sites for hydroxylation is 1. The molecule has 0 aliphatic carbocycles. The van der Waals surface area contributed by atoms with E-state index < -0.39 is 10.0 Å². The minimum atomic E-state index is -3.54. The Morgan fingerprint density at radius 1 is 1.07 bits per heavy atom. The molecule has 2 aromatic rings. The van der Waals surface area contributed by atoms with Gasteiger partial charge in [0.05, 0.1) is 10.5 Å². The van der Waals surface area contributed by atoms with Crippen LogP contribution in [-0.4, -0.2) is 38.0 Å². The lowest BCUT2D eigenvalue weighted by molar-refractivity contribution is 0.102. The van der Waals surface area contributed by atoms with E-state index in [1.54, 1.807) is 24.3 Å². The van der Waals surface area contributed by atoms with Crippen molar-refractivity contribution in [3.63, 3.8) is 0 Å². The third kappa shape index (κ3) is 4.36. The molecule has 27 heavy (non-hydrogen) atoms. The Hall–Kier alpha value is -1.83. The number of nitrogens with one attached hydrogen (secondary N) is 1. The Kier molecular flexibility index (Phi) is 6.24. The molecule has 0 saturated carbocycles. The highest BCUT2D eigenvalue weighted by molar-refractivity contribution is 7.98. The van der Waals surface area contributed by atoms with Crippen LogP contribution in [0.2, 0.25) is 0 Å². The summed E-state index contributed by atoms with van der Waals surface area (Å²) in [7, 11) is -3.54. The summed E-state index contributed by atoms with van der Waals surface area (Å²) in [5.41, 5.74) is 1.92. The number of thioether (sulfide) groups is 1. The Morgan fingerprint density at radius 2 is 1.78 bits per heavy atom. The molecule has 1 aliphatic heterocycles. The first kappa shape index (κ1) is 19.9. The topological polar surface area (TPSA) is 66.5 Å². The lowest BCUT2D eigenvalue weighted by Crippen LogP contribution is -2.35. The zero-order valence-electron chi connectivity index (χ0n) is 15.6. The molecule has 0 aromatic heterocycles. The number of hydrogen-bond acceptors (Lipinski definition) is 4. The number of amides is 1. The van der Waals surface area contributed by atoms with Crippen molar-refractivity contribution in [1.29, 1.82) is 0 Å². The zero-order valence-corrected chi connectivity index (χ0v) is 17.2. The molecule has 3 rings (SSSR count). The molecule has 2 aromatic carbocycles. The number of benzene rings is 2. The van der Waals surface area contributed by atoms with Gasteiger partial charge in [-0.1, -0.05) is 24.6 Å². The molecule has 1 saturated heterocycles. The number of rotatable bonds is 5. The van der Waals surface area contributed by atoms with Crippen molar-refractivity contribution in [3.05, 3.63) is 53.6 Å². The van der Waals surface area contributed by atoms with Crippen molar-refractivity contribution in [2.75, 3.05) is 24.7 Å². The van der Waals surface area contributed by atoms with Gasteiger partial charge in [-0.3, -0.25) is 4.79 Å². The summed E-state index contributed by atoms with van der Waals surface area (Å²) in [5.74, 6) is -0.240. The van der Waals surface area contributed by atoms with Crippen LogP contribution in [-0.2, 0) is 10.0 Å². The van der Waals surface area contributed by atoms with E-state index in [1.807, 2.05) is 31.4 Å². The number of hydrogen-bond donors (Lipinski definition) is 1. The van der Waals surface area contributed by atoms with Crippen LogP contribution < -0.4 is 5.32 Å². The van der Waals surface area contributed by atoms with E-state index in [-0.39, 0.29) is 10.8 Å². The summed E-state index contributed by atoms with van der Waals surface area (Å²) in [6, 6.07) is 12.3. The molecule has 0 radical (unpaired) electrons. The highest BCUT2D eigenvalue weighted by atomic mass is 32.2. The van der Waals surface area contributed by atoms with Crippen molar-refractivity contribution in [1.82, 2.24) is 4.31 Å². The van der Waals surface area contributed by atoms with Gasteiger partial charge in [0.2, 0.25) is 10.0 Å². The van der Waals surface area contributed by atoms with Gasteiger partial charge in [-0.05, 0) is 55.9 Å². The molecular weight excluding hydrogens is 380 g/mol. The molecule has 1 N–H and O–H groups in total. The van der Waals surface area contributed by atoms with Crippen LogP contribution in [0.5, 0.6) is 0 Å². The first-order valence-corrected chi connectivity index (χ1v) is 11.6. The number of nitrogens with zero attached hydrogens (tertiary/aromatic N) is 1. The summed E-state index contributed by atoms with van der Waals surface area (Å²) in [6.07, 6.45) is 4.76. The molecular formula is C20H24N2O3S2. The normalized spacial score (nSPS) is 15.5. The Bertz CT molecular complexity index is 936. The highest BCUT2D eigenvalue weighted by Crippen LogP contribution is 2.26. The van der Waals surface area contributed by atoms with E-state index in [0.29, 0.717) is 24.3 Å². The summed E-state index contributed by atoms with van der Waals surface area (Å²) in [4.78, 5) is 13.8. The second-order valence-electron chi connectivity index (χ2n) is 6.60. The smallest absolute Gasteiger partial charge is 0.256 e. The van der Waals surface area contributed by atoms with Crippen LogP contribution >= 0.6 is 11.8 Å². The van der Waals surface area contributed by atoms with Gasteiger partial charge in [0.15, 0.2) is 0 Å². The fraction of sp³-hybridized carbons (Fsp3) is 0.350. The van der Waals surface area contributed by atoms with Gasteiger partial charge in [-0.2, -0.15) is 4.31 Å². The Labute approximate surface area is 165 Å². The number of carbonyl (C=O) groups is 1. The maximum atomic E-state index is 12.9. The summed E-state index contributed by atoms with van der Waals surface area (Å²) < 4.78 is 27.4. The zero-order chi connectivity index (χ0) is 19.4. The molecule has 144 valence electrons. The van der Waals surface area contributed by atoms with E-state index in [2.05, 4.69) is 5.32 Å². The van der Waals surface area contributed by atoms with Gasteiger partial charge < -0.3 is 5.32 Å². The molecule has 7 heteroatoms. The van der Waals surface area contributed by atoms with Gasteiger partial charge in [0, 0.05) is 23.7 Å². The summed E-state index contributed by atoms with van der Waals surface area (Å²) in [5, 5.41) is 2.88. The van der Waals surface area contributed by atoms with Crippen molar-refractivity contribution < 1.29 is 13.2 Å². The standard InChI is InChI=1S/C20H24N2O3S2/c1-15-10-11-16(27(24,25)22-12-6-3-7-13-22)14-18(15)21-20(23)17-8-4-5-9-19(17)26-2/h4-5,8-11,14H,3,6-7,12-13H2,1-2H3,(H,21,23). The number of sulfonamides is 1. The Balaban J connectivity index is 1.88. The maximum Gasteiger partial charge on any atom is 0.256 e. The van der Waals surface area contributed by atoms with E-state index in [4.69, 9.17) is 0 Å². The fourth-order valence-electron chi connectivity index (χ4n) is 3.17. The molecule has 0 spiro atoms. The number of carbonyl (C=O) groups excluding carboxylic acids is 1. The maximum absolute atomic E-state index is 12.9. The van der Waals surface area contributed by atoms with Gasteiger partial charge in [-0.15, -0.1) is 11.8 Å². The van der Waals surface area contributed by atoms with Gasteiger partial charge in [0.25, 0.3) is 5.91 Å². The fourth-order valence-corrected chi connectivity index (χ4v) is 5.31. The predicted octanol–water partition coefficient (Wildman–Crippen LogP) is 4.14. The van der Waals surface area contributed by atoms with Crippen molar-refractivity contribution in [2.24, 2.45) is 0 Å². The molecule has 1 fully saturated rings. The van der Waals surface area contributed by atoms with Crippen LogP contribution in [0.4, 0.5) is 5.69 Å². The molecule has 1 aliphatic rings. The van der Waals surface area contributed by atoms with Gasteiger partial charge in [0.1, 0.15) is 0 Å². The third-order valence-corrected chi connectivity index (χ3v) is 7.45. The largest absolute Gasteiger partial charge is 0.322 e. The highest BCUT2D eigenvalue weighted by Gasteiger charge is 2.26. The third-order valence-electron chi connectivity index (χ3n) is 4.76. The van der Waals surface area contributed by atoms with Crippen LogP contribution in [0.3, 0.4) is 0 Å². The number of piperidine rings is 1. The van der Waals surface area contributed by atoms with Crippen molar-refractivity contribution >= 4 is 33.4 Å². The van der Waals surface area contributed by atoms with Crippen LogP contribution in [0, 0.1) is 6.92 Å². The molecule has 0 unspecified atom stereocenters. The lowest BCUT2D eigenvalue weighted by atomic mass is 10.1. The average molecular weight is 405 g/mol. The molecule has 5 nitrogen and oxygen atoms in total. The van der Waals surface area contributed by atoms with E-state index in [0.717, 1.165) is 29.7 Å². The predicted molar refractivity (Wildman–Crippen MR) is 110 cm³/mol. The Morgan fingerprint density at radius 3 is 2.48 bits per heavy atom. The number of anilines is 1. The second-order valence-corrected chi connectivity index (χ2v) is 9.38. The SMILES string of the molecule is CSc1ccccc1C(=O)Nc1cc(S(=O)(=O)N2CCCCC2)ccc1C. The minimum Gasteiger partial charge on any atom is -0.322 e. The minimum absolute atomic E-state index is 0.225. The van der Waals surface area contributed by atoms with Crippen LogP contribution in [0.25, 0.3) is 0 Å². The molecule has 1 amide bonds. The first-order valence-electron chi connectivity index (χ1n) is 8.98. The summed E-state index contributed by atoms with van der Waals surface area (Å²) >= 11 is 1.50. The molecule has 0 bridgehead atoms. The average Bonchev–Trinajstić information content (AvgIpc) is 2.70. The molecule has 0 atom stereocenters. The van der Waals surface area contributed by atoms with E-state index >= 15 is 0 Å². The molecule has 1 heterocycles. The van der Waals surface area contributed by atoms with E-state index in [9.17, 15) is 13.2 Å². The van der Waals surface area contributed by atoms with Gasteiger partial charge in [-0.25, -0.2) is 8.42 Å². The van der Waals surface area contributed by atoms with Crippen molar-refractivity contribution in [3.8, 4) is 0 Å². The van der Waals surface area contributed by atoms with Crippen LogP contribution in [0.15, 0.2) is 52.3 Å². The van der Waals surface area contributed by atoms with Crippen molar-refractivity contribution in [2.45, 2.75) is 36.0 Å². The van der Waals surface area contributed by atoms with E-state index in [1.165, 1.54) is 16.1 Å². The monoisotopic (exact) mass is 404 g/mol. The van der Waals surface area contributed by atoms with Gasteiger partial charge >= 0.3 is 0 Å².